The Labute approximate surface area is 201 Å². The number of amides is 2. The van der Waals surface area contributed by atoms with E-state index < -0.39 is 24.5 Å². The van der Waals surface area contributed by atoms with Gasteiger partial charge in [-0.15, -0.1) is 0 Å². The number of carboxylic acid groups (broad SMARTS) is 1. The highest BCUT2D eigenvalue weighted by Gasteiger charge is 2.25. The molecule has 1 aliphatic heterocycles. The zero-order valence-corrected chi connectivity index (χ0v) is 19.2. The molecule has 33 heavy (non-hydrogen) atoms. The summed E-state index contributed by atoms with van der Waals surface area (Å²) in [5, 5.41) is 21.3. The maximum Gasteiger partial charge on any atom is 0.326 e. The van der Waals surface area contributed by atoms with Crippen molar-refractivity contribution in [3.05, 3.63) is 63.6 Å². The normalized spacial score (nSPS) is 15.1. The van der Waals surface area contributed by atoms with E-state index in [9.17, 15) is 19.5 Å². The number of halogens is 2. The molecular weight excluding hydrogens is 471 g/mol. The molecule has 1 saturated heterocycles. The number of hydrogen-bond donors (Lipinski definition) is 3. The van der Waals surface area contributed by atoms with Crippen LogP contribution in [0, 0.1) is 0 Å². The van der Waals surface area contributed by atoms with Crippen molar-refractivity contribution in [2.75, 3.05) is 19.7 Å². The Hall–Kier alpha value is -2.81. The smallest absolute Gasteiger partial charge is 0.326 e. The Kier molecular flexibility index (Phi) is 8.55. The van der Waals surface area contributed by atoms with Crippen LogP contribution in [0.15, 0.2) is 42.5 Å². The van der Waals surface area contributed by atoms with Gasteiger partial charge in [-0.05, 0) is 29.8 Å². The summed E-state index contributed by atoms with van der Waals surface area (Å²) in [5.41, 5.74) is 0.728. The Morgan fingerprint density at radius 3 is 2.21 bits per heavy atom. The van der Waals surface area contributed by atoms with Crippen molar-refractivity contribution in [2.24, 2.45) is 0 Å². The Morgan fingerprint density at radius 1 is 1.06 bits per heavy atom. The van der Waals surface area contributed by atoms with Crippen molar-refractivity contribution < 1.29 is 29.3 Å². The van der Waals surface area contributed by atoms with Crippen LogP contribution in [0.3, 0.4) is 0 Å². The van der Waals surface area contributed by atoms with Crippen molar-refractivity contribution in [2.45, 2.75) is 31.4 Å². The summed E-state index contributed by atoms with van der Waals surface area (Å²) in [5.74, 6) is -1.50. The van der Waals surface area contributed by atoms with Crippen molar-refractivity contribution in [1.82, 2.24) is 10.2 Å². The monoisotopic (exact) mass is 494 g/mol. The number of carbonyl (C=O) groups is 3. The fourth-order valence-corrected chi connectivity index (χ4v) is 4.17. The molecule has 3 N–H and O–H groups in total. The van der Waals surface area contributed by atoms with Gasteiger partial charge in [0, 0.05) is 32.4 Å². The molecule has 0 aromatic heterocycles. The highest BCUT2D eigenvalue weighted by atomic mass is 35.5. The van der Waals surface area contributed by atoms with E-state index in [4.69, 9.17) is 33.0 Å². The lowest BCUT2D eigenvalue weighted by atomic mass is 10.0. The molecule has 0 spiro atoms. The van der Waals surface area contributed by atoms with E-state index in [1.54, 1.807) is 35.2 Å². The van der Waals surface area contributed by atoms with Gasteiger partial charge in [0.25, 0.3) is 5.91 Å². The maximum absolute atomic E-state index is 12.5. The number of piperidine rings is 1. The fraction of sp³-hybridized carbons (Fsp3) is 0.348. The number of aliphatic carboxylic acids is 1. The number of nitrogens with zero attached hydrogens (tertiary/aromatic N) is 1. The third-order valence-corrected chi connectivity index (χ3v) is 6.02. The molecule has 176 valence electrons. The molecule has 1 fully saturated rings. The van der Waals surface area contributed by atoms with Crippen molar-refractivity contribution >= 4 is 41.0 Å². The summed E-state index contributed by atoms with van der Waals surface area (Å²) >= 11 is 12.1. The largest absolute Gasteiger partial charge is 0.490 e. The van der Waals surface area contributed by atoms with Gasteiger partial charge in [-0.3, -0.25) is 9.59 Å². The molecule has 1 atom stereocenters. The van der Waals surface area contributed by atoms with E-state index in [0.717, 1.165) is 0 Å². The molecule has 1 aliphatic rings. The molecule has 2 amide bonds. The number of hydrogen-bond acceptors (Lipinski definition) is 5. The van der Waals surface area contributed by atoms with E-state index in [1.807, 2.05) is 0 Å². The Bertz CT molecular complexity index is 986. The zero-order chi connectivity index (χ0) is 24.0. The first kappa shape index (κ1) is 24.8. The van der Waals surface area contributed by atoms with E-state index >= 15 is 0 Å². The van der Waals surface area contributed by atoms with Crippen LogP contribution in [0.25, 0.3) is 0 Å². The van der Waals surface area contributed by atoms with Gasteiger partial charge in [-0.1, -0.05) is 41.4 Å². The lowest BCUT2D eigenvalue weighted by Gasteiger charge is -2.31. The Balaban J connectivity index is 1.58. The summed E-state index contributed by atoms with van der Waals surface area (Å²) in [6.07, 6.45) is 1.33. The van der Waals surface area contributed by atoms with Gasteiger partial charge in [0.2, 0.25) is 5.91 Å². The standard InChI is InChI=1S/C23H24Cl2N2O6/c24-17-2-1-3-18(25)21(17)22(30)26-19(23(31)32)12-14-4-6-15(7-5-14)33-16-8-10-27(11-9-16)20(29)13-28/h1-7,16,19,28H,8-13H2,(H,26,30)(H,31,32)/t19-/m0/s1. The van der Waals surface area contributed by atoms with Crippen LogP contribution in [0.5, 0.6) is 5.75 Å². The first-order valence-corrected chi connectivity index (χ1v) is 11.2. The summed E-state index contributed by atoms with van der Waals surface area (Å²) in [6.45, 7) is 0.561. The summed E-state index contributed by atoms with van der Waals surface area (Å²) in [4.78, 5) is 37.4. The van der Waals surface area contributed by atoms with E-state index in [-0.39, 0.29) is 34.0 Å². The highest BCUT2D eigenvalue weighted by Crippen LogP contribution is 2.24. The van der Waals surface area contributed by atoms with Gasteiger partial charge in [-0.25, -0.2) is 4.79 Å². The molecule has 0 bridgehead atoms. The molecule has 2 aromatic carbocycles. The number of carbonyl (C=O) groups excluding carboxylic acids is 2. The second-order valence-electron chi connectivity index (χ2n) is 7.67. The molecule has 10 heteroatoms. The number of nitrogens with one attached hydrogen (secondary N) is 1. The van der Waals surface area contributed by atoms with Gasteiger partial charge < -0.3 is 25.2 Å². The minimum atomic E-state index is -1.18. The lowest BCUT2D eigenvalue weighted by Crippen LogP contribution is -2.43. The van der Waals surface area contributed by atoms with Gasteiger partial charge in [-0.2, -0.15) is 0 Å². The van der Waals surface area contributed by atoms with Crippen LogP contribution in [0.2, 0.25) is 10.0 Å². The summed E-state index contributed by atoms with van der Waals surface area (Å²) < 4.78 is 5.96. The second kappa shape index (κ2) is 11.4. The van der Waals surface area contributed by atoms with Crippen LogP contribution in [-0.4, -0.2) is 64.7 Å². The van der Waals surface area contributed by atoms with Crippen LogP contribution >= 0.6 is 23.2 Å². The van der Waals surface area contributed by atoms with Gasteiger partial charge in [0.1, 0.15) is 24.5 Å². The minimum absolute atomic E-state index is 0.0302. The summed E-state index contributed by atoms with van der Waals surface area (Å²) in [7, 11) is 0. The SMILES string of the molecule is O=C(N[C@@H](Cc1ccc(OC2CCN(C(=O)CO)CC2)cc1)C(=O)O)c1c(Cl)cccc1Cl. The number of ether oxygens (including phenoxy) is 1. The third kappa shape index (κ3) is 6.60. The minimum Gasteiger partial charge on any atom is -0.490 e. The molecule has 8 nitrogen and oxygen atoms in total. The summed E-state index contributed by atoms with van der Waals surface area (Å²) in [6, 6.07) is 10.4. The molecule has 0 unspecified atom stereocenters. The van der Waals surface area contributed by atoms with Crippen LogP contribution < -0.4 is 10.1 Å². The molecule has 2 aromatic rings. The molecule has 3 rings (SSSR count). The maximum atomic E-state index is 12.5. The van der Waals surface area contributed by atoms with Crippen molar-refractivity contribution in [1.29, 1.82) is 0 Å². The molecular formula is C23H24Cl2N2O6. The highest BCUT2D eigenvalue weighted by molar-refractivity contribution is 6.39. The molecule has 1 heterocycles. The molecule has 0 saturated carbocycles. The van der Waals surface area contributed by atoms with Gasteiger partial charge in [0.05, 0.1) is 15.6 Å². The Morgan fingerprint density at radius 2 is 1.67 bits per heavy atom. The molecule has 0 radical (unpaired) electrons. The van der Waals surface area contributed by atoms with E-state index in [1.165, 1.54) is 12.1 Å². The van der Waals surface area contributed by atoms with Gasteiger partial charge in [0.15, 0.2) is 0 Å². The topological polar surface area (TPSA) is 116 Å². The van der Waals surface area contributed by atoms with E-state index in [0.29, 0.717) is 37.2 Å². The zero-order valence-electron chi connectivity index (χ0n) is 17.7. The number of aliphatic hydroxyl groups is 1. The van der Waals surface area contributed by atoms with Crippen molar-refractivity contribution in [3.8, 4) is 5.75 Å². The number of benzene rings is 2. The quantitative estimate of drug-likeness (QED) is 0.519. The first-order valence-electron chi connectivity index (χ1n) is 10.4. The second-order valence-corrected chi connectivity index (χ2v) is 8.48. The number of aliphatic hydroxyl groups excluding tert-OH is 1. The fourth-order valence-electron chi connectivity index (χ4n) is 3.60. The van der Waals surface area contributed by atoms with Crippen molar-refractivity contribution in [3.63, 3.8) is 0 Å². The third-order valence-electron chi connectivity index (χ3n) is 5.39. The average molecular weight is 495 g/mol. The number of rotatable bonds is 8. The lowest BCUT2D eigenvalue weighted by molar-refractivity contribution is -0.139. The first-order chi connectivity index (χ1) is 15.8. The number of likely N-dealkylation sites (tertiary alicyclic amines) is 1. The molecule has 0 aliphatic carbocycles. The predicted octanol–water partition coefficient (Wildman–Crippen LogP) is 2.78. The predicted molar refractivity (Wildman–Crippen MR) is 123 cm³/mol. The van der Waals surface area contributed by atoms with Gasteiger partial charge >= 0.3 is 5.97 Å². The van der Waals surface area contributed by atoms with Crippen LogP contribution in [-0.2, 0) is 16.0 Å². The van der Waals surface area contributed by atoms with Crippen LogP contribution in [0.4, 0.5) is 0 Å². The number of carboxylic acids is 1. The average Bonchev–Trinajstić information content (AvgIpc) is 2.79. The van der Waals surface area contributed by atoms with E-state index in [2.05, 4.69) is 5.32 Å². The van der Waals surface area contributed by atoms with Crippen LogP contribution in [0.1, 0.15) is 28.8 Å².